The van der Waals surface area contributed by atoms with Crippen LogP contribution in [0.3, 0.4) is 0 Å². The summed E-state index contributed by atoms with van der Waals surface area (Å²) in [5.41, 5.74) is 15.5. The first-order chi connectivity index (χ1) is 18.7. The van der Waals surface area contributed by atoms with Crippen molar-refractivity contribution in [3.63, 3.8) is 0 Å². The second kappa shape index (κ2) is 10.4. The molecular weight excluding hydrogens is 483 g/mol. The number of anilines is 1. The normalized spacial score (nSPS) is 11.3. The van der Waals surface area contributed by atoms with Gasteiger partial charge in [-0.1, -0.05) is 109 Å². The van der Waals surface area contributed by atoms with Gasteiger partial charge in [-0.05, 0) is 23.8 Å². The molecule has 0 saturated heterocycles. The van der Waals surface area contributed by atoms with Gasteiger partial charge in [0, 0.05) is 27.6 Å². The molecule has 5 heteroatoms. The Kier molecular flexibility index (Phi) is 6.47. The van der Waals surface area contributed by atoms with Crippen molar-refractivity contribution in [1.29, 1.82) is 0 Å². The molecule has 0 spiro atoms. The zero-order valence-electron chi connectivity index (χ0n) is 20.6. The van der Waals surface area contributed by atoms with E-state index in [2.05, 4.69) is 51.7 Å². The van der Waals surface area contributed by atoms with E-state index in [4.69, 9.17) is 20.7 Å². The number of aromatic nitrogens is 3. The highest BCUT2D eigenvalue weighted by Crippen LogP contribution is 2.31. The second-order valence-electron chi connectivity index (χ2n) is 8.97. The fourth-order valence-electron chi connectivity index (χ4n) is 4.54. The predicted molar refractivity (Wildman–Crippen MR) is 162 cm³/mol. The topological polar surface area (TPSA) is 64.7 Å². The Labute approximate surface area is 224 Å². The van der Waals surface area contributed by atoms with E-state index in [0.717, 1.165) is 55.8 Å². The van der Waals surface area contributed by atoms with Crippen molar-refractivity contribution < 1.29 is 0 Å². The van der Waals surface area contributed by atoms with Gasteiger partial charge in [0.15, 0.2) is 5.82 Å². The van der Waals surface area contributed by atoms with Crippen LogP contribution in [0.5, 0.6) is 0 Å². The van der Waals surface area contributed by atoms with Crippen LogP contribution in [0.1, 0.15) is 5.56 Å². The van der Waals surface area contributed by atoms with Crippen LogP contribution in [0.25, 0.3) is 62.1 Å². The smallest absolute Gasteiger partial charge is 0.160 e. The Hall–Kier alpha value is -4.66. The molecule has 6 rings (SSSR count). The van der Waals surface area contributed by atoms with Crippen LogP contribution in [0, 0.1) is 0 Å². The van der Waals surface area contributed by atoms with Gasteiger partial charge in [-0.25, -0.2) is 15.0 Å². The van der Waals surface area contributed by atoms with E-state index in [1.54, 1.807) is 0 Å². The molecule has 0 aliphatic carbocycles. The summed E-state index contributed by atoms with van der Waals surface area (Å²) in [4.78, 5) is 14.9. The van der Waals surface area contributed by atoms with Gasteiger partial charge < -0.3 is 5.73 Å². The molecule has 0 radical (unpaired) electrons. The highest BCUT2D eigenvalue weighted by molar-refractivity contribution is 7.21. The van der Waals surface area contributed by atoms with Crippen LogP contribution in [0.2, 0.25) is 0 Å². The maximum atomic E-state index is 6.47. The monoisotopic (exact) mass is 508 g/mol. The fourth-order valence-corrected chi connectivity index (χ4v) is 4.75. The summed E-state index contributed by atoms with van der Waals surface area (Å²) in [6, 6.07) is 38.8. The molecule has 1 unspecified atom stereocenters. The van der Waals surface area contributed by atoms with Crippen LogP contribution in [0.4, 0.5) is 5.69 Å². The summed E-state index contributed by atoms with van der Waals surface area (Å²) in [6.45, 7) is 0. The molecule has 0 saturated carbocycles. The van der Waals surface area contributed by atoms with E-state index in [9.17, 15) is 0 Å². The lowest BCUT2D eigenvalue weighted by atomic mass is 10.0. The van der Waals surface area contributed by atoms with Crippen molar-refractivity contribution in [3.05, 3.63) is 127 Å². The number of nitrogens with two attached hydrogens (primary N) is 1. The molecule has 2 N–H and O–H groups in total. The van der Waals surface area contributed by atoms with E-state index in [1.165, 1.54) is 0 Å². The molecule has 1 atom stereocenters. The molecule has 0 aliphatic rings. The molecule has 6 aromatic rings. The summed E-state index contributed by atoms with van der Waals surface area (Å²) in [7, 11) is 2.58. The number of hydrogen-bond acceptors (Lipinski definition) is 4. The summed E-state index contributed by atoms with van der Waals surface area (Å²) >= 11 is 0. The summed E-state index contributed by atoms with van der Waals surface area (Å²) in [6.07, 6.45) is 1.97. The highest BCUT2D eigenvalue weighted by Gasteiger charge is 2.12. The van der Waals surface area contributed by atoms with E-state index in [1.807, 2.05) is 84.7 Å². The Morgan fingerprint density at radius 3 is 1.82 bits per heavy atom. The number of pyridine rings is 1. The van der Waals surface area contributed by atoms with Crippen LogP contribution in [-0.2, 0) is 0 Å². The minimum atomic E-state index is 0.667. The minimum Gasteiger partial charge on any atom is -0.396 e. The van der Waals surface area contributed by atoms with Crippen LogP contribution >= 0.6 is 9.24 Å². The molecule has 2 aromatic heterocycles. The van der Waals surface area contributed by atoms with Crippen LogP contribution < -0.4 is 5.73 Å². The van der Waals surface area contributed by atoms with Crippen LogP contribution in [0.15, 0.2) is 121 Å². The fraction of sp³-hybridized carbons (Fsp3) is 0. The number of nitrogen functional groups attached to an aromatic ring is 1. The lowest BCUT2D eigenvalue weighted by molar-refractivity contribution is 1.18. The first kappa shape index (κ1) is 23.7. The largest absolute Gasteiger partial charge is 0.396 e. The molecule has 0 amide bonds. The molecular formula is C33H25N4P. The standard InChI is InChI=1S/C33H25N4P/c34-31-24(18-19-38)14-15-25-16-17-28(35-32(25)31)26-12-7-13-27(20-26)33-36-29(22-8-3-1-4-9-22)21-30(37-33)23-10-5-2-6-11-23/h1-21H,34,38H2/b19-18-. The van der Waals surface area contributed by atoms with Crippen molar-refractivity contribution in [1.82, 2.24) is 15.0 Å². The number of hydrogen-bond donors (Lipinski definition) is 1. The van der Waals surface area contributed by atoms with E-state index < -0.39 is 0 Å². The SMILES string of the molecule is Nc1c(/C=C\P)ccc2ccc(-c3cccc(-c4nc(-c5ccccc5)cc(-c5ccccc5)n4)c3)nc12. The van der Waals surface area contributed by atoms with Crippen molar-refractivity contribution in [2.45, 2.75) is 0 Å². The highest BCUT2D eigenvalue weighted by atomic mass is 31.0. The van der Waals surface area contributed by atoms with Gasteiger partial charge in [-0.3, -0.25) is 0 Å². The third-order valence-electron chi connectivity index (χ3n) is 6.49. The predicted octanol–water partition coefficient (Wildman–Crippen LogP) is 8.12. The third kappa shape index (κ3) is 4.70. The molecule has 0 aliphatic heterocycles. The van der Waals surface area contributed by atoms with Crippen molar-refractivity contribution >= 4 is 31.9 Å². The van der Waals surface area contributed by atoms with Crippen molar-refractivity contribution in [2.75, 3.05) is 5.73 Å². The second-order valence-corrected chi connectivity index (χ2v) is 9.36. The van der Waals surface area contributed by atoms with Crippen LogP contribution in [-0.4, -0.2) is 15.0 Å². The zero-order chi connectivity index (χ0) is 25.9. The molecule has 0 fully saturated rings. The number of benzene rings is 4. The van der Waals surface area contributed by atoms with Gasteiger partial charge in [0.1, 0.15) is 0 Å². The average molecular weight is 509 g/mol. The van der Waals surface area contributed by atoms with E-state index in [0.29, 0.717) is 11.5 Å². The number of fused-ring (bicyclic) bond motifs is 1. The Balaban J connectivity index is 1.47. The first-order valence-electron chi connectivity index (χ1n) is 12.4. The van der Waals surface area contributed by atoms with Gasteiger partial charge >= 0.3 is 0 Å². The Morgan fingerprint density at radius 1 is 0.553 bits per heavy atom. The Morgan fingerprint density at radius 2 is 1.16 bits per heavy atom. The zero-order valence-corrected chi connectivity index (χ0v) is 21.8. The quantitative estimate of drug-likeness (QED) is 0.189. The molecule has 2 heterocycles. The minimum absolute atomic E-state index is 0.667. The van der Waals surface area contributed by atoms with Gasteiger partial charge in [0.2, 0.25) is 0 Å². The molecule has 182 valence electrons. The molecule has 0 bridgehead atoms. The molecule has 4 nitrogen and oxygen atoms in total. The third-order valence-corrected chi connectivity index (χ3v) is 6.69. The summed E-state index contributed by atoms with van der Waals surface area (Å²) < 4.78 is 0. The maximum Gasteiger partial charge on any atom is 0.160 e. The van der Waals surface area contributed by atoms with Crippen molar-refractivity contribution in [3.8, 4) is 45.2 Å². The van der Waals surface area contributed by atoms with Gasteiger partial charge in [0.25, 0.3) is 0 Å². The van der Waals surface area contributed by atoms with Crippen molar-refractivity contribution in [2.24, 2.45) is 0 Å². The van der Waals surface area contributed by atoms with E-state index >= 15 is 0 Å². The molecule has 4 aromatic carbocycles. The maximum absolute atomic E-state index is 6.47. The van der Waals surface area contributed by atoms with Gasteiger partial charge in [-0.15, -0.1) is 9.24 Å². The lowest BCUT2D eigenvalue weighted by Crippen LogP contribution is -1.97. The van der Waals surface area contributed by atoms with Gasteiger partial charge in [-0.2, -0.15) is 0 Å². The lowest BCUT2D eigenvalue weighted by Gasteiger charge is -2.11. The van der Waals surface area contributed by atoms with E-state index in [-0.39, 0.29) is 0 Å². The number of rotatable bonds is 5. The number of nitrogens with zero attached hydrogens (tertiary/aromatic N) is 3. The molecule has 38 heavy (non-hydrogen) atoms. The van der Waals surface area contributed by atoms with Gasteiger partial charge in [0.05, 0.1) is 28.3 Å². The average Bonchev–Trinajstić information content (AvgIpc) is 2.99. The summed E-state index contributed by atoms with van der Waals surface area (Å²) in [5, 5.41) is 1.01. The first-order valence-corrected chi connectivity index (χ1v) is 13.0. The summed E-state index contributed by atoms with van der Waals surface area (Å²) in [5.74, 6) is 2.57. The Bertz CT molecular complexity index is 1720.